The number of carbonyl (C=O) groups excluding carboxylic acids is 2. The zero-order valence-corrected chi connectivity index (χ0v) is 20.7. The van der Waals surface area contributed by atoms with E-state index in [1.807, 2.05) is 37.3 Å². The molecule has 37 heavy (non-hydrogen) atoms. The maximum Gasteiger partial charge on any atom is 0.416 e. The molecule has 1 saturated heterocycles. The first kappa shape index (κ1) is 26.2. The molecule has 2 amide bonds. The van der Waals surface area contributed by atoms with E-state index in [9.17, 15) is 22.8 Å². The molecule has 6 nitrogen and oxygen atoms in total. The van der Waals surface area contributed by atoms with Gasteiger partial charge in [-0.3, -0.25) is 14.5 Å². The smallest absolute Gasteiger partial charge is 0.416 e. The van der Waals surface area contributed by atoms with E-state index >= 15 is 0 Å². The van der Waals surface area contributed by atoms with Gasteiger partial charge in [0.25, 0.3) is 5.91 Å². The summed E-state index contributed by atoms with van der Waals surface area (Å²) in [5.74, 6) is -0.348. The zero-order chi connectivity index (χ0) is 26.6. The van der Waals surface area contributed by atoms with Crippen LogP contribution in [0.15, 0.2) is 78.9 Å². The van der Waals surface area contributed by atoms with E-state index in [0.29, 0.717) is 18.0 Å². The number of amides is 2. The molecule has 0 radical (unpaired) electrons. The Morgan fingerprint density at radius 2 is 1.73 bits per heavy atom. The SMILES string of the molecule is CCOc1ccc(NC(=O)CC2C(=O)N(c3cccc(C(F)(F)F)c3)C(=S)N2Cc2ccccc2)cc1. The van der Waals surface area contributed by atoms with Crippen LogP contribution in [0.2, 0.25) is 0 Å². The van der Waals surface area contributed by atoms with Gasteiger partial charge in [-0.2, -0.15) is 13.2 Å². The lowest BCUT2D eigenvalue weighted by molar-refractivity contribution is -0.137. The molecule has 4 rings (SSSR count). The van der Waals surface area contributed by atoms with E-state index in [0.717, 1.165) is 22.6 Å². The van der Waals surface area contributed by atoms with Gasteiger partial charge < -0.3 is 15.0 Å². The van der Waals surface area contributed by atoms with Crippen LogP contribution < -0.4 is 15.0 Å². The van der Waals surface area contributed by atoms with Crippen molar-refractivity contribution in [1.82, 2.24) is 4.90 Å². The van der Waals surface area contributed by atoms with Gasteiger partial charge in [-0.05, 0) is 67.2 Å². The molecular weight excluding hydrogens is 503 g/mol. The highest BCUT2D eigenvalue weighted by Crippen LogP contribution is 2.34. The summed E-state index contributed by atoms with van der Waals surface area (Å²) in [5.41, 5.74) is 0.454. The highest BCUT2D eigenvalue weighted by atomic mass is 32.1. The Bertz CT molecular complexity index is 1280. The first-order chi connectivity index (χ1) is 17.7. The van der Waals surface area contributed by atoms with Crippen molar-refractivity contribution in [1.29, 1.82) is 0 Å². The highest BCUT2D eigenvalue weighted by molar-refractivity contribution is 7.80. The van der Waals surface area contributed by atoms with Gasteiger partial charge in [-0.15, -0.1) is 0 Å². The lowest BCUT2D eigenvalue weighted by Gasteiger charge is -2.24. The number of benzene rings is 3. The third kappa shape index (κ3) is 6.08. The largest absolute Gasteiger partial charge is 0.494 e. The molecule has 1 atom stereocenters. The minimum atomic E-state index is -4.58. The molecule has 0 bridgehead atoms. The van der Waals surface area contributed by atoms with Crippen LogP contribution in [-0.4, -0.2) is 34.5 Å². The topological polar surface area (TPSA) is 61.9 Å². The molecule has 10 heteroatoms. The molecule has 1 aliphatic rings. The average molecular weight is 528 g/mol. The van der Waals surface area contributed by atoms with E-state index in [2.05, 4.69) is 5.32 Å². The number of ether oxygens (including phenoxy) is 1. The Hall–Kier alpha value is -3.92. The second-order valence-electron chi connectivity index (χ2n) is 8.34. The minimum absolute atomic E-state index is 0.00249. The first-order valence-electron chi connectivity index (χ1n) is 11.6. The fraction of sp³-hybridized carbons (Fsp3) is 0.222. The Kier molecular flexibility index (Phi) is 7.77. The van der Waals surface area contributed by atoms with E-state index in [1.165, 1.54) is 12.1 Å². The van der Waals surface area contributed by atoms with Crippen LogP contribution in [-0.2, 0) is 22.3 Å². The van der Waals surface area contributed by atoms with Crippen LogP contribution in [0.4, 0.5) is 24.5 Å². The Morgan fingerprint density at radius 3 is 2.38 bits per heavy atom. The molecule has 1 aliphatic heterocycles. The van der Waals surface area contributed by atoms with Gasteiger partial charge in [0.05, 0.1) is 24.3 Å². The van der Waals surface area contributed by atoms with Crippen molar-refractivity contribution < 1.29 is 27.5 Å². The molecule has 0 spiro atoms. The highest BCUT2D eigenvalue weighted by Gasteiger charge is 2.44. The van der Waals surface area contributed by atoms with Crippen molar-refractivity contribution in [3.05, 3.63) is 90.0 Å². The fourth-order valence-corrected chi connectivity index (χ4v) is 4.43. The monoisotopic (exact) mass is 527 g/mol. The molecular formula is C27H24F3N3O3S. The van der Waals surface area contributed by atoms with E-state index in [1.54, 1.807) is 29.2 Å². The quantitative estimate of drug-likeness (QED) is 0.385. The molecule has 0 aliphatic carbocycles. The van der Waals surface area contributed by atoms with Crippen molar-refractivity contribution in [2.45, 2.75) is 32.1 Å². The van der Waals surface area contributed by atoms with Crippen LogP contribution in [0.3, 0.4) is 0 Å². The van der Waals surface area contributed by atoms with E-state index in [-0.39, 0.29) is 23.8 Å². The molecule has 192 valence electrons. The number of nitrogens with zero attached hydrogens (tertiary/aromatic N) is 2. The van der Waals surface area contributed by atoms with Crippen LogP contribution in [0.1, 0.15) is 24.5 Å². The minimum Gasteiger partial charge on any atom is -0.494 e. The predicted molar refractivity (Wildman–Crippen MR) is 138 cm³/mol. The van der Waals surface area contributed by atoms with Gasteiger partial charge in [-0.1, -0.05) is 36.4 Å². The average Bonchev–Trinajstić information content (AvgIpc) is 3.09. The summed E-state index contributed by atoms with van der Waals surface area (Å²) in [6, 6.07) is 19.4. The van der Waals surface area contributed by atoms with Crippen molar-refractivity contribution in [3.63, 3.8) is 0 Å². The van der Waals surface area contributed by atoms with Crippen LogP contribution in [0.25, 0.3) is 0 Å². The number of carbonyl (C=O) groups is 2. The number of nitrogens with one attached hydrogen (secondary N) is 1. The molecule has 1 fully saturated rings. The van der Waals surface area contributed by atoms with Crippen LogP contribution >= 0.6 is 12.2 Å². The number of rotatable bonds is 8. The fourth-order valence-electron chi connectivity index (χ4n) is 4.04. The molecule has 3 aromatic carbocycles. The van der Waals surface area contributed by atoms with Crippen LogP contribution in [0.5, 0.6) is 5.75 Å². The molecule has 3 aromatic rings. The number of halogens is 3. The lowest BCUT2D eigenvalue weighted by atomic mass is 10.1. The number of alkyl halides is 3. The van der Waals surface area contributed by atoms with Gasteiger partial charge in [0.2, 0.25) is 5.91 Å². The van der Waals surface area contributed by atoms with E-state index < -0.39 is 29.6 Å². The number of anilines is 2. The zero-order valence-electron chi connectivity index (χ0n) is 19.9. The number of thiocarbonyl (C=S) groups is 1. The summed E-state index contributed by atoms with van der Waals surface area (Å²) >= 11 is 5.56. The Labute approximate surface area is 217 Å². The molecule has 1 heterocycles. The summed E-state index contributed by atoms with van der Waals surface area (Å²) in [7, 11) is 0. The van der Waals surface area contributed by atoms with Gasteiger partial charge in [0, 0.05) is 12.2 Å². The Morgan fingerprint density at radius 1 is 1.03 bits per heavy atom. The molecule has 0 saturated carbocycles. The second kappa shape index (κ2) is 11.0. The lowest BCUT2D eigenvalue weighted by Crippen LogP contribution is -2.37. The number of hydrogen-bond donors (Lipinski definition) is 1. The summed E-state index contributed by atoms with van der Waals surface area (Å²) in [6.45, 7) is 2.58. The standard InChI is InChI=1S/C27H24F3N3O3S/c1-2-36-22-13-11-20(12-14-22)31-24(34)16-23-25(35)33(21-10-6-9-19(15-21)27(28,29)30)26(37)32(23)17-18-7-4-3-5-8-18/h3-15,23H,2,16-17H2,1H3,(H,31,34). The first-order valence-corrected chi connectivity index (χ1v) is 12.0. The molecule has 1 N–H and O–H groups in total. The normalized spacial score (nSPS) is 15.7. The summed E-state index contributed by atoms with van der Waals surface area (Å²) in [4.78, 5) is 29.1. The summed E-state index contributed by atoms with van der Waals surface area (Å²) in [6.07, 6.45) is -4.82. The van der Waals surface area contributed by atoms with Gasteiger partial charge in [-0.25, -0.2) is 0 Å². The molecule has 0 aromatic heterocycles. The van der Waals surface area contributed by atoms with E-state index in [4.69, 9.17) is 17.0 Å². The molecule has 1 unspecified atom stereocenters. The third-order valence-corrected chi connectivity index (χ3v) is 6.19. The maximum absolute atomic E-state index is 13.5. The Balaban J connectivity index is 1.59. The van der Waals surface area contributed by atoms with Crippen molar-refractivity contribution in [3.8, 4) is 5.75 Å². The van der Waals surface area contributed by atoms with Crippen molar-refractivity contribution >= 4 is 40.5 Å². The summed E-state index contributed by atoms with van der Waals surface area (Å²) in [5, 5.41) is 2.79. The summed E-state index contributed by atoms with van der Waals surface area (Å²) < 4.78 is 45.4. The van der Waals surface area contributed by atoms with Gasteiger partial charge in [0.1, 0.15) is 11.8 Å². The third-order valence-electron chi connectivity index (χ3n) is 5.77. The van der Waals surface area contributed by atoms with Crippen molar-refractivity contribution in [2.24, 2.45) is 0 Å². The van der Waals surface area contributed by atoms with Crippen LogP contribution in [0, 0.1) is 0 Å². The predicted octanol–water partition coefficient (Wildman–Crippen LogP) is 5.64. The number of hydrogen-bond acceptors (Lipinski definition) is 4. The second-order valence-corrected chi connectivity index (χ2v) is 8.71. The van der Waals surface area contributed by atoms with Gasteiger partial charge >= 0.3 is 6.18 Å². The van der Waals surface area contributed by atoms with Crippen molar-refractivity contribution in [2.75, 3.05) is 16.8 Å². The maximum atomic E-state index is 13.5. The van der Waals surface area contributed by atoms with Gasteiger partial charge in [0.15, 0.2) is 5.11 Å².